The number of benzene rings is 1. The molecule has 1 N–H and O–H groups in total. The van der Waals surface area contributed by atoms with Gasteiger partial charge in [-0.25, -0.2) is 19.3 Å². The first-order valence-electron chi connectivity index (χ1n) is 11.2. The number of halogens is 5. The van der Waals surface area contributed by atoms with Crippen molar-refractivity contribution in [2.45, 2.75) is 57.8 Å². The maximum atomic E-state index is 14.7. The lowest BCUT2D eigenvalue weighted by Gasteiger charge is -2.35. The van der Waals surface area contributed by atoms with E-state index < -0.39 is 23.6 Å². The second kappa shape index (κ2) is 9.62. The third-order valence-corrected chi connectivity index (χ3v) is 6.76. The number of hydrogen-bond acceptors (Lipinski definition) is 5. The molecule has 4 rings (SSSR count). The number of likely N-dealkylation sites (tertiary alicyclic amines) is 1. The van der Waals surface area contributed by atoms with E-state index in [4.69, 9.17) is 11.6 Å². The van der Waals surface area contributed by atoms with Gasteiger partial charge in [0.1, 0.15) is 23.1 Å². The van der Waals surface area contributed by atoms with Gasteiger partial charge in [-0.05, 0) is 70.3 Å². The standard InChI is InChI=1S/C24H26ClF4N5/c1-13(2)34-9-7-15(8-10-34)17-11-18-22(30-12-31-23(18)33-21(17)25)32-14(3)16-5-4-6-19(20(16)26)24(27,28)29/h4-6,11-15H,7-10H2,1-3H3,(H,30,31,32,33)/t14-/m1/s1. The summed E-state index contributed by atoms with van der Waals surface area (Å²) in [5.74, 6) is -0.711. The van der Waals surface area contributed by atoms with Gasteiger partial charge in [0.15, 0.2) is 5.65 Å². The third kappa shape index (κ3) is 4.95. The molecular formula is C24H26ClF4N5. The number of nitrogens with zero attached hydrogens (tertiary/aromatic N) is 4. The Morgan fingerprint density at radius 2 is 1.82 bits per heavy atom. The highest BCUT2D eigenvalue weighted by atomic mass is 35.5. The van der Waals surface area contributed by atoms with Crippen molar-refractivity contribution in [1.29, 1.82) is 0 Å². The summed E-state index contributed by atoms with van der Waals surface area (Å²) in [7, 11) is 0. The van der Waals surface area contributed by atoms with Crippen molar-refractivity contribution in [2.24, 2.45) is 0 Å². The lowest BCUT2D eigenvalue weighted by Crippen LogP contribution is -2.37. The van der Waals surface area contributed by atoms with Crippen LogP contribution in [0.25, 0.3) is 11.0 Å². The number of fused-ring (bicyclic) bond motifs is 1. The van der Waals surface area contributed by atoms with Gasteiger partial charge in [0, 0.05) is 11.6 Å². The zero-order chi connectivity index (χ0) is 24.6. The third-order valence-electron chi connectivity index (χ3n) is 6.46. The minimum Gasteiger partial charge on any atom is -0.363 e. The number of alkyl halides is 3. The van der Waals surface area contributed by atoms with Crippen LogP contribution in [0.3, 0.4) is 0 Å². The van der Waals surface area contributed by atoms with Crippen LogP contribution in [0.1, 0.15) is 62.3 Å². The summed E-state index contributed by atoms with van der Waals surface area (Å²) < 4.78 is 54.1. The van der Waals surface area contributed by atoms with Gasteiger partial charge in [-0.2, -0.15) is 13.2 Å². The number of pyridine rings is 1. The van der Waals surface area contributed by atoms with Crippen LogP contribution in [0.4, 0.5) is 23.4 Å². The van der Waals surface area contributed by atoms with E-state index in [1.54, 1.807) is 6.92 Å². The molecular weight excluding hydrogens is 470 g/mol. The molecule has 0 bridgehead atoms. The Kier molecular flexibility index (Phi) is 6.96. The fraction of sp³-hybridized carbons (Fsp3) is 0.458. The molecule has 3 aromatic rings. The Bertz CT molecular complexity index is 1180. The van der Waals surface area contributed by atoms with Crippen LogP contribution in [0.5, 0.6) is 0 Å². The highest BCUT2D eigenvalue weighted by Crippen LogP contribution is 2.37. The second-order valence-electron chi connectivity index (χ2n) is 8.94. The summed E-state index contributed by atoms with van der Waals surface area (Å²) in [6.45, 7) is 7.85. The molecule has 1 aliphatic rings. The summed E-state index contributed by atoms with van der Waals surface area (Å²) in [6.07, 6.45) is -1.60. The molecule has 1 aliphatic heterocycles. The number of hydrogen-bond donors (Lipinski definition) is 1. The maximum Gasteiger partial charge on any atom is 0.419 e. The van der Waals surface area contributed by atoms with E-state index in [-0.39, 0.29) is 11.5 Å². The molecule has 5 nitrogen and oxygen atoms in total. The Labute approximate surface area is 200 Å². The lowest BCUT2D eigenvalue weighted by molar-refractivity contribution is -0.140. The highest BCUT2D eigenvalue weighted by molar-refractivity contribution is 6.30. The van der Waals surface area contributed by atoms with E-state index in [1.807, 2.05) is 6.07 Å². The quantitative estimate of drug-likeness (QED) is 0.319. The van der Waals surface area contributed by atoms with Gasteiger partial charge in [-0.3, -0.25) is 0 Å². The predicted molar refractivity (Wildman–Crippen MR) is 124 cm³/mol. The molecule has 182 valence electrons. The van der Waals surface area contributed by atoms with Crippen molar-refractivity contribution in [3.05, 3.63) is 58.3 Å². The molecule has 0 saturated carbocycles. The molecule has 34 heavy (non-hydrogen) atoms. The summed E-state index contributed by atoms with van der Waals surface area (Å²) in [6, 6.07) is 4.85. The Hall–Kier alpha value is -2.52. The summed E-state index contributed by atoms with van der Waals surface area (Å²) in [5, 5.41) is 4.02. The van der Waals surface area contributed by atoms with Crippen molar-refractivity contribution < 1.29 is 17.6 Å². The van der Waals surface area contributed by atoms with Crippen LogP contribution in [0.15, 0.2) is 30.6 Å². The first-order valence-corrected chi connectivity index (χ1v) is 11.6. The SMILES string of the molecule is CC(C)N1CCC(c2cc3c(N[C@H](C)c4cccc(C(F)(F)F)c4F)ncnc3nc2Cl)CC1. The minimum absolute atomic E-state index is 0.107. The largest absolute Gasteiger partial charge is 0.419 e. The molecule has 0 aliphatic carbocycles. The first-order chi connectivity index (χ1) is 16.1. The molecule has 0 unspecified atom stereocenters. The topological polar surface area (TPSA) is 53.9 Å². The maximum absolute atomic E-state index is 14.7. The Balaban J connectivity index is 1.65. The smallest absolute Gasteiger partial charge is 0.363 e. The van der Waals surface area contributed by atoms with E-state index in [2.05, 4.69) is 39.0 Å². The van der Waals surface area contributed by atoms with Crippen LogP contribution in [-0.4, -0.2) is 39.0 Å². The van der Waals surface area contributed by atoms with Gasteiger partial charge >= 0.3 is 6.18 Å². The van der Waals surface area contributed by atoms with Crippen molar-refractivity contribution in [3.8, 4) is 0 Å². The van der Waals surface area contributed by atoms with Crippen molar-refractivity contribution in [2.75, 3.05) is 18.4 Å². The van der Waals surface area contributed by atoms with Gasteiger partial charge in [0.25, 0.3) is 0 Å². The predicted octanol–water partition coefficient (Wildman–Crippen LogP) is 6.60. The van der Waals surface area contributed by atoms with Gasteiger partial charge in [-0.1, -0.05) is 23.7 Å². The van der Waals surface area contributed by atoms with E-state index in [0.717, 1.165) is 37.6 Å². The molecule has 1 fully saturated rings. The second-order valence-corrected chi connectivity index (χ2v) is 9.30. The number of aromatic nitrogens is 3. The highest BCUT2D eigenvalue weighted by Gasteiger charge is 2.35. The normalized spacial score (nSPS) is 16.9. The van der Waals surface area contributed by atoms with E-state index >= 15 is 0 Å². The van der Waals surface area contributed by atoms with Crippen LogP contribution in [-0.2, 0) is 6.18 Å². The van der Waals surface area contributed by atoms with Gasteiger partial charge in [0.05, 0.1) is 17.0 Å². The average Bonchev–Trinajstić information content (AvgIpc) is 2.78. The van der Waals surface area contributed by atoms with E-state index in [1.165, 1.54) is 18.5 Å². The molecule has 1 saturated heterocycles. The van der Waals surface area contributed by atoms with E-state index in [9.17, 15) is 17.6 Å². The van der Waals surface area contributed by atoms with Crippen LogP contribution < -0.4 is 5.32 Å². The Morgan fingerprint density at radius 3 is 2.47 bits per heavy atom. The van der Waals surface area contributed by atoms with Gasteiger partial charge < -0.3 is 10.2 Å². The molecule has 0 spiro atoms. The first kappa shape index (κ1) is 24.6. The lowest BCUT2D eigenvalue weighted by atomic mass is 9.89. The molecule has 0 radical (unpaired) electrons. The van der Waals surface area contributed by atoms with Crippen molar-refractivity contribution in [3.63, 3.8) is 0 Å². The summed E-state index contributed by atoms with van der Waals surface area (Å²) in [5.41, 5.74) is -0.143. The monoisotopic (exact) mass is 495 g/mol. The zero-order valence-electron chi connectivity index (χ0n) is 19.1. The van der Waals surface area contributed by atoms with Gasteiger partial charge in [-0.15, -0.1) is 0 Å². The molecule has 2 aromatic heterocycles. The fourth-order valence-electron chi connectivity index (χ4n) is 4.50. The Morgan fingerprint density at radius 1 is 1.12 bits per heavy atom. The molecule has 3 heterocycles. The summed E-state index contributed by atoms with van der Waals surface area (Å²) >= 11 is 6.51. The van der Waals surface area contributed by atoms with Crippen molar-refractivity contribution in [1.82, 2.24) is 19.9 Å². The number of anilines is 1. The minimum atomic E-state index is -4.78. The van der Waals surface area contributed by atoms with Crippen LogP contribution >= 0.6 is 11.6 Å². The molecule has 1 atom stereocenters. The number of nitrogens with one attached hydrogen (secondary N) is 1. The molecule has 0 amide bonds. The van der Waals surface area contributed by atoms with Gasteiger partial charge in [0.2, 0.25) is 0 Å². The fourth-order valence-corrected chi connectivity index (χ4v) is 4.78. The zero-order valence-corrected chi connectivity index (χ0v) is 19.9. The number of piperidine rings is 1. The number of rotatable bonds is 5. The molecule has 10 heteroatoms. The van der Waals surface area contributed by atoms with Crippen LogP contribution in [0, 0.1) is 5.82 Å². The molecule has 1 aromatic carbocycles. The van der Waals surface area contributed by atoms with E-state index in [0.29, 0.717) is 28.0 Å². The van der Waals surface area contributed by atoms with Crippen LogP contribution in [0.2, 0.25) is 5.15 Å². The average molecular weight is 496 g/mol. The summed E-state index contributed by atoms with van der Waals surface area (Å²) in [4.78, 5) is 15.3. The van der Waals surface area contributed by atoms with Crippen molar-refractivity contribution >= 4 is 28.5 Å².